The van der Waals surface area contributed by atoms with E-state index in [2.05, 4.69) is 9.64 Å². The third-order valence-corrected chi connectivity index (χ3v) is 4.24. The summed E-state index contributed by atoms with van der Waals surface area (Å²) in [6, 6.07) is 14.5. The number of alkyl halides is 2. The average Bonchev–Trinajstić information content (AvgIpc) is 2.63. The van der Waals surface area contributed by atoms with E-state index in [0.29, 0.717) is 6.61 Å². The van der Waals surface area contributed by atoms with Crippen LogP contribution in [0, 0.1) is 0 Å². The highest BCUT2D eigenvalue weighted by Gasteiger charge is 2.22. The molecule has 3 rings (SSSR count). The molecule has 0 spiro atoms. The van der Waals surface area contributed by atoms with Gasteiger partial charge in [-0.1, -0.05) is 36.4 Å². The second-order valence-electron chi connectivity index (χ2n) is 6.02. The first-order valence-corrected chi connectivity index (χ1v) is 8.21. The fourth-order valence-corrected chi connectivity index (χ4v) is 2.92. The van der Waals surface area contributed by atoms with Crippen LogP contribution in [-0.2, 0) is 17.9 Å². The number of halogens is 2. The Morgan fingerprint density at radius 3 is 2.40 bits per heavy atom. The molecule has 1 saturated heterocycles. The van der Waals surface area contributed by atoms with Crippen molar-refractivity contribution in [1.82, 2.24) is 4.90 Å². The summed E-state index contributed by atoms with van der Waals surface area (Å²) < 4.78 is 34.6. The van der Waals surface area contributed by atoms with E-state index in [4.69, 9.17) is 9.84 Å². The lowest BCUT2D eigenvalue weighted by Gasteiger charge is -2.33. The lowest BCUT2D eigenvalue weighted by molar-refractivity contribution is -0.0500. The summed E-state index contributed by atoms with van der Waals surface area (Å²) in [5, 5.41) is 9.10. The van der Waals surface area contributed by atoms with Crippen molar-refractivity contribution < 1.29 is 23.4 Å². The van der Waals surface area contributed by atoms with Crippen molar-refractivity contribution in [3.63, 3.8) is 0 Å². The van der Waals surface area contributed by atoms with Crippen LogP contribution in [0.25, 0.3) is 0 Å². The van der Waals surface area contributed by atoms with Crippen LogP contribution in [0.4, 0.5) is 8.78 Å². The van der Waals surface area contributed by atoms with E-state index in [1.54, 1.807) is 12.1 Å². The molecule has 0 saturated carbocycles. The van der Waals surface area contributed by atoms with Gasteiger partial charge < -0.3 is 14.6 Å². The maximum atomic E-state index is 12.2. The maximum absolute atomic E-state index is 12.2. The molecule has 1 unspecified atom stereocenters. The minimum Gasteiger partial charge on any atom is -0.435 e. The summed E-state index contributed by atoms with van der Waals surface area (Å²) in [6.07, 6.45) is -0.0916. The van der Waals surface area contributed by atoms with Gasteiger partial charge in [0.05, 0.1) is 19.3 Å². The summed E-state index contributed by atoms with van der Waals surface area (Å²) in [5.41, 5.74) is 3.02. The first-order chi connectivity index (χ1) is 12.1. The second-order valence-corrected chi connectivity index (χ2v) is 6.02. The summed E-state index contributed by atoms with van der Waals surface area (Å²) >= 11 is 0. The number of aliphatic hydroxyl groups excluding tert-OH is 1. The Labute approximate surface area is 145 Å². The molecule has 25 heavy (non-hydrogen) atoms. The SMILES string of the molecule is OCc1ccc(CN2CCOC(c3ccc(OC(F)F)cc3)C2)cc1. The van der Waals surface area contributed by atoms with E-state index < -0.39 is 6.61 Å². The van der Waals surface area contributed by atoms with Crippen molar-refractivity contribution in [2.75, 3.05) is 19.7 Å². The number of aliphatic hydroxyl groups is 1. The second kappa shape index (κ2) is 8.38. The highest BCUT2D eigenvalue weighted by molar-refractivity contribution is 5.29. The largest absolute Gasteiger partial charge is 0.435 e. The molecule has 0 radical (unpaired) electrons. The molecule has 1 atom stereocenters. The monoisotopic (exact) mass is 349 g/mol. The van der Waals surface area contributed by atoms with Crippen LogP contribution in [0.5, 0.6) is 5.75 Å². The minimum absolute atomic E-state index is 0.0468. The lowest BCUT2D eigenvalue weighted by Crippen LogP contribution is -2.37. The highest BCUT2D eigenvalue weighted by Crippen LogP contribution is 2.25. The Kier molecular flexibility index (Phi) is 5.96. The molecule has 1 fully saturated rings. The first-order valence-electron chi connectivity index (χ1n) is 8.21. The number of hydrogen-bond acceptors (Lipinski definition) is 4. The van der Waals surface area contributed by atoms with E-state index in [1.165, 1.54) is 17.7 Å². The van der Waals surface area contributed by atoms with Crippen LogP contribution < -0.4 is 4.74 Å². The summed E-state index contributed by atoms with van der Waals surface area (Å²) in [4.78, 5) is 2.30. The average molecular weight is 349 g/mol. The Bertz CT molecular complexity index is 661. The number of benzene rings is 2. The molecule has 1 N–H and O–H groups in total. The molecule has 2 aromatic carbocycles. The van der Waals surface area contributed by atoms with Crippen molar-refractivity contribution >= 4 is 0 Å². The van der Waals surface area contributed by atoms with Crippen molar-refractivity contribution in [3.8, 4) is 5.75 Å². The van der Waals surface area contributed by atoms with Gasteiger partial charge >= 0.3 is 6.61 Å². The minimum atomic E-state index is -2.82. The number of hydrogen-bond donors (Lipinski definition) is 1. The fraction of sp³-hybridized carbons (Fsp3) is 0.368. The first kappa shape index (κ1) is 17.8. The predicted molar refractivity (Wildman–Crippen MR) is 89.4 cm³/mol. The molecule has 2 aromatic rings. The third kappa shape index (κ3) is 4.98. The normalized spacial score (nSPS) is 18.5. The van der Waals surface area contributed by atoms with Gasteiger partial charge in [-0.2, -0.15) is 8.78 Å². The zero-order valence-corrected chi connectivity index (χ0v) is 13.8. The van der Waals surface area contributed by atoms with Gasteiger partial charge in [0.15, 0.2) is 0 Å². The van der Waals surface area contributed by atoms with E-state index in [-0.39, 0.29) is 18.5 Å². The molecular weight excluding hydrogens is 328 g/mol. The fourth-order valence-electron chi connectivity index (χ4n) is 2.92. The van der Waals surface area contributed by atoms with E-state index in [9.17, 15) is 8.78 Å². The van der Waals surface area contributed by atoms with Gasteiger partial charge in [0.2, 0.25) is 0 Å². The van der Waals surface area contributed by atoms with Gasteiger partial charge in [0.25, 0.3) is 0 Å². The molecular formula is C19H21F2NO3. The number of rotatable bonds is 6. The molecule has 0 aliphatic carbocycles. The summed E-state index contributed by atoms with van der Waals surface area (Å²) in [5.74, 6) is 0.149. The Balaban J connectivity index is 1.60. The van der Waals surface area contributed by atoms with E-state index in [1.807, 2.05) is 24.3 Å². The van der Waals surface area contributed by atoms with Crippen LogP contribution in [0.1, 0.15) is 22.8 Å². The van der Waals surface area contributed by atoms with Gasteiger partial charge in [-0.15, -0.1) is 0 Å². The lowest BCUT2D eigenvalue weighted by atomic mass is 10.1. The Morgan fingerprint density at radius 2 is 1.76 bits per heavy atom. The number of morpholine rings is 1. The topological polar surface area (TPSA) is 41.9 Å². The number of nitrogens with zero attached hydrogens (tertiary/aromatic N) is 1. The zero-order chi connectivity index (χ0) is 17.6. The van der Waals surface area contributed by atoms with Crippen molar-refractivity contribution in [2.45, 2.75) is 25.9 Å². The Morgan fingerprint density at radius 1 is 1.08 bits per heavy atom. The van der Waals surface area contributed by atoms with E-state index in [0.717, 1.165) is 30.8 Å². The Hall–Kier alpha value is -2.02. The highest BCUT2D eigenvalue weighted by atomic mass is 19.3. The smallest absolute Gasteiger partial charge is 0.387 e. The van der Waals surface area contributed by atoms with Crippen LogP contribution in [0.3, 0.4) is 0 Å². The predicted octanol–water partition coefficient (Wildman–Crippen LogP) is 3.35. The zero-order valence-electron chi connectivity index (χ0n) is 13.8. The molecule has 1 aliphatic rings. The van der Waals surface area contributed by atoms with Crippen molar-refractivity contribution in [1.29, 1.82) is 0 Å². The molecule has 4 nitrogen and oxygen atoms in total. The molecule has 1 heterocycles. The van der Waals surface area contributed by atoms with Gasteiger partial charge in [-0.05, 0) is 28.8 Å². The van der Waals surface area contributed by atoms with Crippen LogP contribution in [0.15, 0.2) is 48.5 Å². The maximum Gasteiger partial charge on any atom is 0.387 e. The molecule has 0 aromatic heterocycles. The van der Waals surface area contributed by atoms with Gasteiger partial charge in [0, 0.05) is 19.6 Å². The van der Waals surface area contributed by atoms with Crippen molar-refractivity contribution in [2.24, 2.45) is 0 Å². The molecule has 0 bridgehead atoms. The van der Waals surface area contributed by atoms with Crippen molar-refractivity contribution in [3.05, 3.63) is 65.2 Å². The third-order valence-electron chi connectivity index (χ3n) is 4.24. The summed E-state index contributed by atoms with van der Waals surface area (Å²) in [6.45, 7) is 0.226. The van der Waals surface area contributed by atoms with Gasteiger partial charge in [0.1, 0.15) is 5.75 Å². The number of ether oxygens (including phenoxy) is 2. The van der Waals surface area contributed by atoms with Gasteiger partial charge in [-0.3, -0.25) is 4.90 Å². The van der Waals surface area contributed by atoms with Crippen LogP contribution in [-0.4, -0.2) is 36.3 Å². The standard InChI is InChI=1S/C19H21F2NO3/c20-19(21)25-17-7-5-16(6-8-17)18-12-22(9-10-24-18)11-14-1-3-15(13-23)4-2-14/h1-8,18-19,23H,9-13H2. The van der Waals surface area contributed by atoms with Crippen LogP contribution >= 0.6 is 0 Å². The quantitative estimate of drug-likeness (QED) is 0.868. The van der Waals surface area contributed by atoms with E-state index >= 15 is 0 Å². The molecule has 134 valence electrons. The molecule has 0 amide bonds. The van der Waals surface area contributed by atoms with Crippen LogP contribution in [0.2, 0.25) is 0 Å². The summed E-state index contributed by atoms with van der Waals surface area (Å²) in [7, 11) is 0. The molecule has 1 aliphatic heterocycles. The molecule has 6 heteroatoms. The van der Waals surface area contributed by atoms with Gasteiger partial charge in [-0.25, -0.2) is 0 Å².